The topological polar surface area (TPSA) is 97.1 Å². The lowest BCUT2D eigenvalue weighted by molar-refractivity contribution is -0.385. The minimum atomic E-state index is -0.548. The van der Waals surface area contributed by atoms with Gasteiger partial charge >= 0.3 is 0 Å². The second kappa shape index (κ2) is 10.1. The molecule has 0 aliphatic rings. The lowest BCUT2D eigenvalue weighted by Crippen LogP contribution is -2.03. The molecule has 0 fully saturated rings. The molecule has 2 aromatic rings. The van der Waals surface area contributed by atoms with Gasteiger partial charge in [0.1, 0.15) is 11.5 Å². The highest BCUT2D eigenvalue weighted by atomic mass is 16.6. The zero-order chi connectivity index (χ0) is 21.4. The van der Waals surface area contributed by atoms with E-state index in [2.05, 4.69) is 0 Å². The summed E-state index contributed by atoms with van der Waals surface area (Å²) in [5, 5.41) is 11.4. The van der Waals surface area contributed by atoms with Crippen LogP contribution < -0.4 is 18.9 Å². The molecule has 0 aliphatic heterocycles. The first-order chi connectivity index (χ1) is 13.9. The number of hydrogen-bond donors (Lipinski definition) is 0. The smallest absolute Gasteiger partial charge is 0.280 e. The Hall–Kier alpha value is -3.55. The molecular weight excluding hydrogens is 378 g/mol. The molecule has 0 saturated heterocycles. The van der Waals surface area contributed by atoms with Crippen LogP contribution in [0.2, 0.25) is 0 Å². The molecule has 29 heavy (non-hydrogen) atoms. The molecule has 0 aliphatic carbocycles. The number of carbonyl (C=O) groups is 1. The molecule has 2 rings (SSSR count). The summed E-state index contributed by atoms with van der Waals surface area (Å²) in [5.74, 6) is 1.11. The number of nitrogens with zero attached hydrogens (tertiary/aromatic N) is 1. The monoisotopic (exact) mass is 401 g/mol. The molecule has 0 radical (unpaired) electrons. The maximum absolute atomic E-state index is 12.8. The molecule has 154 valence electrons. The third-order valence-corrected chi connectivity index (χ3v) is 3.97. The predicted octanol–water partition coefficient (Wildman–Crippen LogP) is 4.31. The van der Waals surface area contributed by atoms with E-state index in [0.717, 1.165) is 0 Å². The summed E-state index contributed by atoms with van der Waals surface area (Å²) in [6.45, 7) is 4.50. The molecule has 8 heteroatoms. The van der Waals surface area contributed by atoms with Crippen molar-refractivity contribution in [2.75, 3.05) is 27.4 Å². The van der Waals surface area contributed by atoms with Gasteiger partial charge in [-0.3, -0.25) is 14.9 Å². The standard InChI is InChI=1S/C21H23NO7/c1-5-28-15-8-10-19(29-6-2)16(12-15)18(23)9-7-14-11-20(26-3)21(27-4)13-17(14)22(24)25/h7-13H,5-6H2,1-4H3/b9-7+. The summed E-state index contributed by atoms with van der Waals surface area (Å²) in [5.41, 5.74) is 0.303. The van der Waals surface area contributed by atoms with Gasteiger partial charge in [0, 0.05) is 0 Å². The SMILES string of the molecule is CCOc1ccc(OCC)c(C(=O)/C=C/c2cc(OC)c(OC)cc2[N+](=O)[O-])c1. The van der Waals surface area contributed by atoms with Gasteiger partial charge in [0.2, 0.25) is 0 Å². The van der Waals surface area contributed by atoms with E-state index < -0.39 is 4.92 Å². The van der Waals surface area contributed by atoms with Crippen LogP contribution in [0.4, 0.5) is 5.69 Å². The molecule has 0 atom stereocenters. The Labute approximate surface area is 168 Å². The molecule has 0 saturated carbocycles. The van der Waals surface area contributed by atoms with Gasteiger partial charge in [0.25, 0.3) is 5.69 Å². The van der Waals surface area contributed by atoms with Crippen LogP contribution in [0.5, 0.6) is 23.0 Å². The number of methoxy groups -OCH3 is 2. The van der Waals surface area contributed by atoms with Crippen LogP contribution in [0.25, 0.3) is 6.08 Å². The number of benzene rings is 2. The number of nitro groups is 1. The van der Waals surface area contributed by atoms with Crippen LogP contribution in [0, 0.1) is 10.1 Å². The van der Waals surface area contributed by atoms with Gasteiger partial charge in [-0.1, -0.05) is 0 Å². The minimum absolute atomic E-state index is 0.208. The number of carbonyl (C=O) groups excluding carboxylic acids is 1. The highest BCUT2D eigenvalue weighted by molar-refractivity contribution is 6.09. The van der Waals surface area contributed by atoms with E-state index in [1.165, 1.54) is 38.5 Å². The van der Waals surface area contributed by atoms with Gasteiger partial charge in [-0.2, -0.15) is 0 Å². The van der Waals surface area contributed by atoms with Crippen LogP contribution in [0.15, 0.2) is 36.4 Å². The number of ketones is 1. The van der Waals surface area contributed by atoms with Crippen molar-refractivity contribution in [2.45, 2.75) is 13.8 Å². The molecular formula is C21H23NO7. The van der Waals surface area contributed by atoms with Crippen molar-refractivity contribution in [3.8, 4) is 23.0 Å². The summed E-state index contributed by atoms with van der Waals surface area (Å²) in [7, 11) is 2.82. The van der Waals surface area contributed by atoms with Gasteiger partial charge in [-0.15, -0.1) is 0 Å². The summed E-state index contributed by atoms with van der Waals surface area (Å²) in [6.07, 6.45) is 2.62. The fourth-order valence-electron chi connectivity index (χ4n) is 2.67. The van der Waals surface area contributed by atoms with E-state index in [1.807, 2.05) is 13.8 Å². The van der Waals surface area contributed by atoms with Gasteiger partial charge in [0.05, 0.1) is 49.5 Å². The molecule has 0 bridgehead atoms. The third-order valence-electron chi connectivity index (χ3n) is 3.97. The maximum Gasteiger partial charge on any atom is 0.280 e. The van der Waals surface area contributed by atoms with Gasteiger partial charge in [-0.05, 0) is 50.3 Å². The quantitative estimate of drug-likeness (QED) is 0.253. The number of nitro benzene ring substituents is 1. The lowest BCUT2D eigenvalue weighted by Gasteiger charge is -2.11. The first-order valence-corrected chi connectivity index (χ1v) is 8.97. The fourth-order valence-corrected chi connectivity index (χ4v) is 2.67. The van der Waals surface area contributed by atoms with E-state index in [1.54, 1.807) is 18.2 Å². The van der Waals surface area contributed by atoms with Gasteiger partial charge in [0.15, 0.2) is 17.3 Å². The number of ether oxygens (including phenoxy) is 4. The van der Waals surface area contributed by atoms with Crippen LogP contribution in [-0.2, 0) is 0 Å². The van der Waals surface area contributed by atoms with Crippen molar-refractivity contribution in [1.29, 1.82) is 0 Å². The predicted molar refractivity (Wildman–Crippen MR) is 108 cm³/mol. The van der Waals surface area contributed by atoms with Crippen molar-refractivity contribution in [2.24, 2.45) is 0 Å². The molecule has 2 aromatic carbocycles. The Bertz CT molecular complexity index is 921. The Morgan fingerprint density at radius 3 is 2.24 bits per heavy atom. The first-order valence-electron chi connectivity index (χ1n) is 8.97. The van der Waals surface area contributed by atoms with Gasteiger partial charge in [-0.25, -0.2) is 0 Å². The Morgan fingerprint density at radius 1 is 1.00 bits per heavy atom. The molecule has 0 aromatic heterocycles. The highest BCUT2D eigenvalue weighted by Gasteiger charge is 2.19. The van der Waals surface area contributed by atoms with Crippen LogP contribution in [0.3, 0.4) is 0 Å². The Morgan fingerprint density at radius 2 is 1.66 bits per heavy atom. The van der Waals surface area contributed by atoms with Crippen LogP contribution in [-0.4, -0.2) is 38.1 Å². The minimum Gasteiger partial charge on any atom is -0.494 e. The van der Waals surface area contributed by atoms with Crippen molar-refractivity contribution in [3.63, 3.8) is 0 Å². The van der Waals surface area contributed by atoms with Crippen molar-refractivity contribution < 1.29 is 28.7 Å². The zero-order valence-corrected chi connectivity index (χ0v) is 16.8. The molecule has 0 spiro atoms. The molecule has 0 unspecified atom stereocenters. The Kier molecular flexibility index (Phi) is 7.59. The average molecular weight is 401 g/mol. The molecule has 0 amide bonds. The third kappa shape index (κ3) is 5.25. The second-order valence-electron chi connectivity index (χ2n) is 5.74. The van der Waals surface area contributed by atoms with E-state index in [0.29, 0.717) is 36.0 Å². The zero-order valence-electron chi connectivity index (χ0n) is 16.8. The average Bonchev–Trinajstić information content (AvgIpc) is 2.72. The lowest BCUT2D eigenvalue weighted by atomic mass is 10.1. The fraction of sp³-hybridized carbons (Fsp3) is 0.286. The number of rotatable bonds is 10. The van der Waals surface area contributed by atoms with Crippen LogP contribution in [0.1, 0.15) is 29.8 Å². The van der Waals surface area contributed by atoms with E-state index >= 15 is 0 Å². The van der Waals surface area contributed by atoms with Crippen LogP contribution >= 0.6 is 0 Å². The van der Waals surface area contributed by atoms with E-state index in [9.17, 15) is 14.9 Å². The summed E-state index contributed by atoms with van der Waals surface area (Å²) >= 11 is 0. The summed E-state index contributed by atoms with van der Waals surface area (Å²) in [4.78, 5) is 23.6. The second-order valence-corrected chi connectivity index (χ2v) is 5.74. The highest BCUT2D eigenvalue weighted by Crippen LogP contribution is 2.35. The number of hydrogen-bond acceptors (Lipinski definition) is 7. The molecule has 8 nitrogen and oxygen atoms in total. The summed E-state index contributed by atoms with van der Waals surface area (Å²) in [6, 6.07) is 7.66. The molecule has 0 N–H and O–H groups in total. The largest absolute Gasteiger partial charge is 0.494 e. The van der Waals surface area contributed by atoms with E-state index in [-0.39, 0.29) is 22.8 Å². The van der Waals surface area contributed by atoms with Crippen molar-refractivity contribution in [3.05, 3.63) is 57.6 Å². The summed E-state index contributed by atoms with van der Waals surface area (Å²) < 4.78 is 21.3. The maximum atomic E-state index is 12.8. The number of allylic oxidation sites excluding steroid dienone is 1. The Balaban J connectivity index is 2.44. The molecule has 0 heterocycles. The van der Waals surface area contributed by atoms with Gasteiger partial charge < -0.3 is 18.9 Å². The van der Waals surface area contributed by atoms with E-state index in [4.69, 9.17) is 18.9 Å². The normalized spacial score (nSPS) is 10.6. The van der Waals surface area contributed by atoms with Crippen molar-refractivity contribution in [1.82, 2.24) is 0 Å². The first kappa shape index (κ1) is 21.7. The van der Waals surface area contributed by atoms with Crippen molar-refractivity contribution >= 4 is 17.5 Å².